The first-order valence-electron chi connectivity index (χ1n) is 5.93. The number of hydrogen-bond acceptors (Lipinski definition) is 1. The van der Waals surface area contributed by atoms with Gasteiger partial charge in [0, 0.05) is 6.04 Å². The maximum absolute atomic E-state index is 6.19. The van der Waals surface area contributed by atoms with E-state index in [1.807, 2.05) is 0 Å². The van der Waals surface area contributed by atoms with Crippen molar-refractivity contribution in [2.24, 2.45) is 5.73 Å². The van der Waals surface area contributed by atoms with E-state index in [1.165, 1.54) is 29.5 Å². The van der Waals surface area contributed by atoms with Crippen LogP contribution < -0.4 is 5.73 Å². The summed E-state index contributed by atoms with van der Waals surface area (Å²) in [4.78, 5) is 0. The first-order chi connectivity index (χ1) is 7.04. The molecule has 1 heteroatoms. The molecule has 0 aliphatic heterocycles. The highest BCUT2D eigenvalue weighted by Crippen LogP contribution is 2.43. The fraction of sp³-hybridized carbons (Fsp3) is 0.571. The van der Waals surface area contributed by atoms with Crippen LogP contribution in [0.15, 0.2) is 18.2 Å². The number of aryl methyl sites for hydroxylation is 1. The molecule has 0 saturated carbocycles. The quantitative estimate of drug-likeness (QED) is 0.784. The average molecular weight is 203 g/mol. The Balaban J connectivity index is 2.41. The van der Waals surface area contributed by atoms with E-state index in [0.29, 0.717) is 0 Å². The van der Waals surface area contributed by atoms with Crippen LogP contribution in [0.1, 0.15) is 56.3 Å². The molecule has 0 heterocycles. The molecule has 82 valence electrons. The van der Waals surface area contributed by atoms with E-state index in [2.05, 4.69) is 39.0 Å². The van der Waals surface area contributed by atoms with Crippen molar-refractivity contribution in [3.8, 4) is 0 Å². The molecule has 1 aliphatic carbocycles. The molecule has 0 saturated heterocycles. The van der Waals surface area contributed by atoms with Crippen molar-refractivity contribution < 1.29 is 0 Å². The highest BCUT2D eigenvalue weighted by Gasteiger charge is 2.34. The van der Waals surface area contributed by atoms with Gasteiger partial charge in [-0.2, -0.15) is 0 Å². The molecule has 0 aromatic heterocycles. The van der Waals surface area contributed by atoms with Crippen LogP contribution in [0, 0.1) is 0 Å². The van der Waals surface area contributed by atoms with E-state index >= 15 is 0 Å². The van der Waals surface area contributed by atoms with Gasteiger partial charge in [-0.05, 0) is 34.9 Å². The van der Waals surface area contributed by atoms with Crippen molar-refractivity contribution in [3.63, 3.8) is 0 Å². The number of hydrogen-bond donors (Lipinski definition) is 1. The predicted octanol–water partition coefficient (Wildman–Crippen LogP) is 3.32. The highest BCUT2D eigenvalue weighted by atomic mass is 14.7. The van der Waals surface area contributed by atoms with Gasteiger partial charge in [0.25, 0.3) is 0 Å². The van der Waals surface area contributed by atoms with Gasteiger partial charge < -0.3 is 5.73 Å². The molecular formula is C14H21N. The summed E-state index contributed by atoms with van der Waals surface area (Å²) >= 11 is 0. The minimum Gasteiger partial charge on any atom is -0.324 e. The topological polar surface area (TPSA) is 26.0 Å². The van der Waals surface area contributed by atoms with E-state index < -0.39 is 0 Å². The molecule has 1 nitrogen and oxygen atoms in total. The van der Waals surface area contributed by atoms with Crippen molar-refractivity contribution in [1.29, 1.82) is 0 Å². The van der Waals surface area contributed by atoms with Gasteiger partial charge in [0.05, 0.1) is 0 Å². The Kier molecular flexibility index (Phi) is 2.59. The van der Waals surface area contributed by atoms with Crippen LogP contribution >= 0.6 is 0 Å². The Bertz CT molecular complexity index is 366. The molecule has 2 N–H and O–H groups in total. The fourth-order valence-electron chi connectivity index (χ4n) is 2.75. The van der Waals surface area contributed by atoms with Gasteiger partial charge in [0.15, 0.2) is 0 Å². The van der Waals surface area contributed by atoms with Gasteiger partial charge >= 0.3 is 0 Å². The van der Waals surface area contributed by atoms with Crippen LogP contribution in [0.3, 0.4) is 0 Å². The summed E-state index contributed by atoms with van der Waals surface area (Å²) in [6.07, 6.45) is 3.45. The van der Waals surface area contributed by atoms with Crippen molar-refractivity contribution in [2.75, 3.05) is 0 Å². The first-order valence-corrected chi connectivity index (χ1v) is 5.93. The van der Waals surface area contributed by atoms with E-state index in [0.717, 1.165) is 6.42 Å². The van der Waals surface area contributed by atoms with Crippen LogP contribution in [0.5, 0.6) is 0 Å². The fourth-order valence-corrected chi connectivity index (χ4v) is 2.75. The number of rotatable bonds is 2. The summed E-state index contributed by atoms with van der Waals surface area (Å²) in [7, 11) is 0. The summed E-state index contributed by atoms with van der Waals surface area (Å²) in [5, 5.41) is 0. The Morgan fingerprint density at radius 3 is 2.80 bits per heavy atom. The lowest BCUT2D eigenvalue weighted by molar-refractivity contribution is 0.481. The summed E-state index contributed by atoms with van der Waals surface area (Å²) in [6, 6.07) is 7.11. The molecule has 1 aromatic rings. The van der Waals surface area contributed by atoms with Gasteiger partial charge in [0.1, 0.15) is 0 Å². The summed E-state index contributed by atoms with van der Waals surface area (Å²) in [5.74, 6) is 0. The van der Waals surface area contributed by atoms with Gasteiger partial charge in [-0.15, -0.1) is 0 Å². The zero-order valence-electron chi connectivity index (χ0n) is 10.0. The van der Waals surface area contributed by atoms with E-state index in [-0.39, 0.29) is 11.5 Å². The second-order valence-electron chi connectivity index (χ2n) is 5.37. The SMILES string of the molecule is CCCc1ccc2c(c1)[C@@H](N)CC2(C)C. The third-order valence-corrected chi connectivity index (χ3v) is 3.51. The molecule has 0 fully saturated rings. The van der Waals surface area contributed by atoms with Crippen LogP contribution in [0.4, 0.5) is 0 Å². The second kappa shape index (κ2) is 3.64. The first kappa shape index (κ1) is 10.7. The standard InChI is InChI=1S/C14H21N/c1-4-5-10-6-7-12-11(8-10)13(15)9-14(12,2)3/h6-8,13H,4-5,9,15H2,1-3H3/t13-/m0/s1. The second-order valence-corrected chi connectivity index (χ2v) is 5.37. The van der Waals surface area contributed by atoms with Gasteiger partial charge in [-0.3, -0.25) is 0 Å². The minimum absolute atomic E-state index is 0.242. The molecule has 1 aromatic carbocycles. The lowest BCUT2D eigenvalue weighted by atomic mass is 9.86. The maximum Gasteiger partial charge on any atom is 0.0306 e. The Morgan fingerprint density at radius 1 is 1.40 bits per heavy atom. The highest BCUT2D eigenvalue weighted by molar-refractivity contribution is 5.43. The molecule has 1 atom stereocenters. The Labute approximate surface area is 92.7 Å². The third kappa shape index (κ3) is 1.81. The molecule has 0 bridgehead atoms. The van der Waals surface area contributed by atoms with E-state index in [4.69, 9.17) is 5.73 Å². The smallest absolute Gasteiger partial charge is 0.0306 e. The van der Waals surface area contributed by atoms with Gasteiger partial charge in [-0.25, -0.2) is 0 Å². The van der Waals surface area contributed by atoms with E-state index in [9.17, 15) is 0 Å². The van der Waals surface area contributed by atoms with Crippen molar-refractivity contribution >= 4 is 0 Å². The average Bonchev–Trinajstić information content (AvgIpc) is 2.38. The van der Waals surface area contributed by atoms with Crippen molar-refractivity contribution in [1.82, 2.24) is 0 Å². The van der Waals surface area contributed by atoms with Crippen molar-refractivity contribution in [2.45, 2.75) is 51.5 Å². The molecule has 0 unspecified atom stereocenters. The molecular weight excluding hydrogens is 182 g/mol. The zero-order chi connectivity index (χ0) is 11.1. The normalized spacial score (nSPS) is 22.8. The van der Waals surface area contributed by atoms with Crippen molar-refractivity contribution in [3.05, 3.63) is 34.9 Å². The largest absolute Gasteiger partial charge is 0.324 e. The van der Waals surface area contributed by atoms with E-state index in [1.54, 1.807) is 0 Å². The van der Waals surface area contributed by atoms with Gasteiger partial charge in [0.2, 0.25) is 0 Å². The molecule has 0 radical (unpaired) electrons. The van der Waals surface area contributed by atoms with Gasteiger partial charge in [-0.1, -0.05) is 45.4 Å². The summed E-state index contributed by atoms with van der Waals surface area (Å²) in [5.41, 5.74) is 10.7. The molecule has 1 aliphatic rings. The monoisotopic (exact) mass is 203 g/mol. The summed E-state index contributed by atoms with van der Waals surface area (Å²) < 4.78 is 0. The van der Waals surface area contributed by atoms with Crippen LogP contribution in [0.25, 0.3) is 0 Å². The lowest BCUT2D eigenvalue weighted by Crippen LogP contribution is -2.14. The number of nitrogens with two attached hydrogens (primary N) is 1. The Morgan fingerprint density at radius 2 is 2.13 bits per heavy atom. The summed E-state index contributed by atoms with van der Waals surface area (Å²) in [6.45, 7) is 6.80. The Hall–Kier alpha value is -0.820. The number of benzene rings is 1. The third-order valence-electron chi connectivity index (χ3n) is 3.51. The molecule has 2 rings (SSSR count). The maximum atomic E-state index is 6.19. The lowest BCUT2D eigenvalue weighted by Gasteiger charge is -2.18. The van der Waals surface area contributed by atoms with Crippen LogP contribution in [-0.4, -0.2) is 0 Å². The molecule has 0 amide bonds. The van der Waals surface area contributed by atoms with Crippen LogP contribution in [0.2, 0.25) is 0 Å². The molecule has 15 heavy (non-hydrogen) atoms. The van der Waals surface area contributed by atoms with Crippen LogP contribution in [-0.2, 0) is 11.8 Å². The molecule has 0 spiro atoms. The minimum atomic E-state index is 0.242. The number of fused-ring (bicyclic) bond motifs is 1. The predicted molar refractivity (Wildman–Crippen MR) is 65.0 cm³/mol. The zero-order valence-corrected chi connectivity index (χ0v) is 10.0.